The van der Waals surface area contributed by atoms with Gasteiger partial charge >= 0.3 is 0 Å². The standard InChI is InChI=1S/C44H42S/c1-7-8-9-10-11-17-35-29-39(42(31(3)43(35)45-6)36-18-13-12-16-30(36)2)34-24-21-32(22-25-34)27-33-23-26-38-37-19-14-15-20-40(37)44(4,5)41(38)28-33/h7-16,18-26,28-29H,1,17,27H2,2-6H3/b9-8-,11-10-. The zero-order valence-electron chi connectivity index (χ0n) is 27.2. The lowest BCUT2D eigenvalue weighted by Gasteiger charge is -2.22. The molecule has 0 amide bonds. The van der Waals surface area contributed by atoms with Crippen LogP contribution in [0.5, 0.6) is 0 Å². The van der Waals surface area contributed by atoms with E-state index in [4.69, 9.17) is 0 Å². The first kappa shape index (κ1) is 30.7. The first-order valence-electron chi connectivity index (χ1n) is 15.9. The molecule has 1 aliphatic carbocycles. The van der Waals surface area contributed by atoms with E-state index in [2.05, 4.69) is 150 Å². The molecule has 5 aromatic carbocycles. The van der Waals surface area contributed by atoms with E-state index in [0.29, 0.717) is 0 Å². The quantitative estimate of drug-likeness (QED) is 0.119. The zero-order valence-corrected chi connectivity index (χ0v) is 28.0. The van der Waals surface area contributed by atoms with Crippen LogP contribution in [0.3, 0.4) is 0 Å². The summed E-state index contributed by atoms with van der Waals surface area (Å²) in [5.74, 6) is 0. The molecule has 0 fully saturated rings. The second-order valence-corrected chi connectivity index (χ2v) is 13.4. The van der Waals surface area contributed by atoms with Gasteiger partial charge in [0.15, 0.2) is 0 Å². The van der Waals surface area contributed by atoms with Gasteiger partial charge in [-0.15, -0.1) is 11.8 Å². The fraction of sp³-hybridized carbons (Fsp3) is 0.182. The molecule has 0 atom stereocenters. The van der Waals surface area contributed by atoms with Crippen molar-refractivity contribution in [2.45, 2.75) is 50.8 Å². The van der Waals surface area contributed by atoms with Crippen LogP contribution in [-0.2, 0) is 18.3 Å². The molecular weight excluding hydrogens is 561 g/mol. The number of fused-ring (bicyclic) bond motifs is 3. The predicted octanol–water partition coefficient (Wildman–Crippen LogP) is 12.1. The molecule has 0 unspecified atom stereocenters. The number of rotatable bonds is 9. The van der Waals surface area contributed by atoms with Crippen molar-refractivity contribution in [3.05, 3.63) is 173 Å². The molecule has 0 nitrogen and oxygen atoms in total. The topological polar surface area (TPSA) is 0 Å². The van der Waals surface area contributed by atoms with E-state index in [1.54, 1.807) is 0 Å². The van der Waals surface area contributed by atoms with Crippen LogP contribution in [-0.4, -0.2) is 6.26 Å². The molecule has 0 N–H and O–H groups in total. The molecular formula is C44H42S. The molecule has 0 bridgehead atoms. The van der Waals surface area contributed by atoms with Crippen molar-refractivity contribution < 1.29 is 0 Å². The lowest BCUT2D eigenvalue weighted by molar-refractivity contribution is 0.659. The molecule has 224 valence electrons. The van der Waals surface area contributed by atoms with Crippen molar-refractivity contribution in [1.29, 1.82) is 0 Å². The highest BCUT2D eigenvalue weighted by Crippen LogP contribution is 2.49. The summed E-state index contributed by atoms with van der Waals surface area (Å²) in [5, 5.41) is 0. The largest absolute Gasteiger partial charge is 0.129 e. The van der Waals surface area contributed by atoms with E-state index in [-0.39, 0.29) is 5.41 Å². The predicted molar refractivity (Wildman–Crippen MR) is 198 cm³/mol. The number of allylic oxidation sites excluding steroid dienone is 5. The third-order valence-corrected chi connectivity index (χ3v) is 10.3. The minimum atomic E-state index is 0.0212. The Morgan fingerprint density at radius 2 is 1.38 bits per heavy atom. The van der Waals surface area contributed by atoms with Crippen molar-refractivity contribution >= 4 is 11.8 Å². The van der Waals surface area contributed by atoms with Crippen LogP contribution in [0, 0.1) is 13.8 Å². The maximum absolute atomic E-state index is 3.78. The van der Waals surface area contributed by atoms with Gasteiger partial charge in [-0.2, -0.15) is 0 Å². The summed E-state index contributed by atoms with van der Waals surface area (Å²) in [5.41, 5.74) is 17.6. The average molecular weight is 603 g/mol. The second kappa shape index (κ2) is 13.0. The van der Waals surface area contributed by atoms with Crippen LogP contribution in [0.1, 0.15) is 52.8 Å². The van der Waals surface area contributed by atoms with Gasteiger partial charge in [0, 0.05) is 10.3 Å². The van der Waals surface area contributed by atoms with E-state index >= 15 is 0 Å². The lowest BCUT2D eigenvalue weighted by Crippen LogP contribution is -2.15. The Morgan fingerprint density at radius 3 is 2.11 bits per heavy atom. The van der Waals surface area contributed by atoms with Gasteiger partial charge in [0.1, 0.15) is 0 Å². The van der Waals surface area contributed by atoms with Gasteiger partial charge in [0.25, 0.3) is 0 Å². The third-order valence-electron chi connectivity index (χ3n) is 9.37. The van der Waals surface area contributed by atoms with Gasteiger partial charge in [-0.3, -0.25) is 0 Å². The molecule has 1 heteroatoms. The van der Waals surface area contributed by atoms with Crippen LogP contribution >= 0.6 is 11.8 Å². The molecule has 0 saturated heterocycles. The Morgan fingerprint density at radius 1 is 0.689 bits per heavy atom. The summed E-state index contributed by atoms with van der Waals surface area (Å²) in [4.78, 5) is 1.37. The molecule has 0 aromatic heterocycles. The minimum Gasteiger partial charge on any atom is -0.129 e. The third kappa shape index (κ3) is 5.90. The van der Waals surface area contributed by atoms with Gasteiger partial charge in [-0.1, -0.05) is 142 Å². The summed E-state index contributed by atoms with van der Waals surface area (Å²) in [6, 6.07) is 36.5. The average Bonchev–Trinajstić information content (AvgIpc) is 3.27. The number of thioether (sulfide) groups is 1. The number of hydrogen-bond acceptors (Lipinski definition) is 1. The second-order valence-electron chi connectivity index (χ2n) is 12.6. The normalized spacial score (nSPS) is 13.4. The summed E-state index contributed by atoms with van der Waals surface area (Å²) in [6.45, 7) is 13.0. The Balaban J connectivity index is 1.36. The molecule has 0 aliphatic heterocycles. The molecule has 1 aliphatic rings. The lowest BCUT2D eigenvalue weighted by atomic mass is 9.81. The van der Waals surface area contributed by atoms with Crippen LogP contribution < -0.4 is 0 Å². The molecule has 6 rings (SSSR count). The van der Waals surface area contributed by atoms with Crippen LogP contribution in [0.4, 0.5) is 0 Å². The SMILES string of the molecule is C=C/C=C\C=C/Cc1cc(-c2ccc(Cc3ccc4c(c3)C(C)(C)c3ccccc3-4)cc2)c(-c2ccccc2C)c(C)c1SC. The number of benzene rings is 5. The zero-order chi connectivity index (χ0) is 31.6. The van der Waals surface area contributed by atoms with Crippen molar-refractivity contribution in [2.75, 3.05) is 6.26 Å². The van der Waals surface area contributed by atoms with E-state index in [1.165, 1.54) is 77.2 Å². The van der Waals surface area contributed by atoms with Gasteiger partial charge in [-0.05, 0) is 111 Å². The highest BCUT2D eigenvalue weighted by atomic mass is 32.2. The number of aryl methyl sites for hydroxylation is 1. The van der Waals surface area contributed by atoms with E-state index in [9.17, 15) is 0 Å². The summed E-state index contributed by atoms with van der Waals surface area (Å²) >= 11 is 1.85. The van der Waals surface area contributed by atoms with Crippen LogP contribution in [0.2, 0.25) is 0 Å². The maximum Gasteiger partial charge on any atom is 0.0158 e. The smallest absolute Gasteiger partial charge is 0.0158 e. The molecule has 0 heterocycles. The van der Waals surface area contributed by atoms with E-state index in [1.807, 2.05) is 30.0 Å². The maximum atomic E-state index is 3.78. The van der Waals surface area contributed by atoms with E-state index in [0.717, 1.165) is 12.8 Å². The molecule has 0 saturated carbocycles. The van der Waals surface area contributed by atoms with Crippen LogP contribution in [0.25, 0.3) is 33.4 Å². The highest BCUT2D eigenvalue weighted by Gasteiger charge is 2.35. The van der Waals surface area contributed by atoms with E-state index < -0.39 is 0 Å². The van der Waals surface area contributed by atoms with Crippen LogP contribution in [0.15, 0.2) is 139 Å². The number of hydrogen-bond donors (Lipinski definition) is 0. The summed E-state index contributed by atoms with van der Waals surface area (Å²) in [7, 11) is 0. The van der Waals surface area contributed by atoms with Gasteiger partial charge in [0.2, 0.25) is 0 Å². The summed E-state index contributed by atoms with van der Waals surface area (Å²) < 4.78 is 0. The highest BCUT2D eigenvalue weighted by molar-refractivity contribution is 7.98. The van der Waals surface area contributed by atoms with Crippen molar-refractivity contribution in [1.82, 2.24) is 0 Å². The van der Waals surface area contributed by atoms with Gasteiger partial charge in [0.05, 0.1) is 0 Å². The first-order chi connectivity index (χ1) is 21.8. The molecule has 0 spiro atoms. The molecule has 5 aromatic rings. The van der Waals surface area contributed by atoms with Crippen molar-refractivity contribution in [3.8, 4) is 33.4 Å². The summed E-state index contributed by atoms with van der Waals surface area (Å²) in [6.07, 6.45) is 14.2. The monoisotopic (exact) mass is 602 g/mol. The van der Waals surface area contributed by atoms with Gasteiger partial charge < -0.3 is 0 Å². The first-order valence-corrected chi connectivity index (χ1v) is 17.1. The fourth-order valence-electron chi connectivity index (χ4n) is 7.05. The minimum absolute atomic E-state index is 0.0212. The Bertz CT molecular complexity index is 1930. The van der Waals surface area contributed by atoms with Crippen molar-refractivity contribution in [3.63, 3.8) is 0 Å². The Kier molecular flexibility index (Phi) is 8.83. The Labute approximate surface area is 274 Å². The van der Waals surface area contributed by atoms with Crippen molar-refractivity contribution in [2.24, 2.45) is 0 Å². The molecule has 45 heavy (non-hydrogen) atoms. The Hall–Kier alpha value is -4.33. The molecule has 0 radical (unpaired) electrons. The van der Waals surface area contributed by atoms with Gasteiger partial charge in [-0.25, -0.2) is 0 Å². The fourth-order valence-corrected chi connectivity index (χ4v) is 7.86.